The van der Waals surface area contributed by atoms with Gasteiger partial charge in [-0.3, -0.25) is 9.98 Å². The van der Waals surface area contributed by atoms with Crippen molar-refractivity contribution >= 4 is 12.4 Å². The lowest BCUT2D eigenvalue weighted by Gasteiger charge is -2.25. The van der Waals surface area contributed by atoms with Crippen LogP contribution in [0.15, 0.2) is 46.4 Å². The zero-order valence-corrected chi connectivity index (χ0v) is 31.2. The average molecular weight is 695 g/mol. The minimum Gasteiger partial charge on any atom is -0.507 e. The lowest BCUT2D eigenvalue weighted by molar-refractivity contribution is 0.192. The standard InChI is InChI=1S/C42H66N2O6/c1-47-27-17-11-7-3-5-9-13-19-29-49-37-25-23-35(41(45)31-37)33-43-39-21-15-16-22-40(39)44-34-36-24-26-38(32-42(36)46)50-30-20-14-10-6-4-8-12-18-28-48-2/h23-26,31-34,39-40,45-46H,3-22,27-30H2,1-2H3/t39-,40-/m1/s1. The lowest BCUT2D eigenvalue weighted by Crippen LogP contribution is -2.27. The second-order valence-electron chi connectivity index (χ2n) is 13.8. The van der Waals surface area contributed by atoms with Crippen molar-refractivity contribution in [3.63, 3.8) is 0 Å². The Labute approximate surface area is 302 Å². The molecular formula is C42H66N2O6. The molecule has 2 aromatic rings. The first kappa shape index (κ1) is 41.3. The fourth-order valence-electron chi connectivity index (χ4n) is 6.43. The van der Waals surface area contributed by atoms with Crippen LogP contribution < -0.4 is 9.47 Å². The Morgan fingerprint density at radius 3 is 1.20 bits per heavy atom. The van der Waals surface area contributed by atoms with Gasteiger partial charge in [0, 0.05) is 63.1 Å². The van der Waals surface area contributed by atoms with Gasteiger partial charge < -0.3 is 29.2 Å². The number of aromatic hydroxyl groups is 2. The van der Waals surface area contributed by atoms with Gasteiger partial charge >= 0.3 is 0 Å². The van der Waals surface area contributed by atoms with Crippen LogP contribution in [0.1, 0.15) is 140 Å². The number of phenols is 2. The minimum atomic E-state index is 0.0288. The molecule has 0 aromatic heterocycles. The fourth-order valence-corrected chi connectivity index (χ4v) is 6.43. The third-order valence-corrected chi connectivity index (χ3v) is 9.53. The van der Waals surface area contributed by atoms with E-state index in [2.05, 4.69) is 0 Å². The monoisotopic (exact) mass is 694 g/mol. The number of hydrogen-bond acceptors (Lipinski definition) is 8. The molecule has 8 heteroatoms. The van der Waals surface area contributed by atoms with E-state index in [1.165, 1.54) is 64.2 Å². The summed E-state index contributed by atoms with van der Waals surface area (Å²) in [7, 11) is 3.53. The van der Waals surface area contributed by atoms with Crippen LogP contribution in [-0.4, -0.2) is 75.4 Å². The van der Waals surface area contributed by atoms with Gasteiger partial charge in [0.25, 0.3) is 0 Å². The van der Waals surface area contributed by atoms with Crippen molar-refractivity contribution in [3.8, 4) is 23.0 Å². The number of aliphatic imine (C=N–C) groups is 2. The van der Waals surface area contributed by atoms with Crippen LogP contribution in [0.25, 0.3) is 0 Å². The maximum atomic E-state index is 10.7. The number of benzene rings is 2. The van der Waals surface area contributed by atoms with Gasteiger partial charge in [0.2, 0.25) is 0 Å². The second-order valence-corrected chi connectivity index (χ2v) is 13.8. The van der Waals surface area contributed by atoms with Crippen LogP contribution >= 0.6 is 0 Å². The number of phenolic OH excluding ortho intramolecular Hbond substituents is 2. The highest BCUT2D eigenvalue weighted by Gasteiger charge is 2.23. The summed E-state index contributed by atoms with van der Waals surface area (Å²) in [5.41, 5.74) is 1.36. The highest BCUT2D eigenvalue weighted by Crippen LogP contribution is 2.28. The van der Waals surface area contributed by atoms with E-state index >= 15 is 0 Å². The molecule has 0 unspecified atom stereocenters. The summed E-state index contributed by atoms with van der Waals surface area (Å²) in [6, 6.07) is 11.0. The van der Waals surface area contributed by atoms with Gasteiger partial charge in [0.15, 0.2) is 0 Å². The predicted octanol–water partition coefficient (Wildman–Crippen LogP) is 10.2. The molecule has 0 aliphatic heterocycles. The van der Waals surface area contributed by atoms with Crippen LogP contribution in [-0.2, 0) is 9.47 Å². The molecule has 8 nitrogen and oxygen atoms in total. The summed E-state index contributed by atoms with van der Waals surface area (Å²) < 4.78 is 22.0. The van der Waals surface area contributed by atoms with Gasteiger partial charge in [-0.05, 0) is 62.8 Å². The summed E-state index contributed by atoms with van der Waals surface area (Å²) in [6.07, 6.45) is 27.0. The fraction of sp³-hybridized carbons (Fsp3) is 0.667. The van der Waals surface area contributed by atoms with Crippen LogP contribution in [0.3, 0.4) is 0 Å². The van der Waals surface area contributed by atoms with Crippen molar-refractivity contribution in [2.45, 2.75) is 141 Å². The van der Waals surface area contributed by atoms with Gasteiger partial charge in [-0.25, -0.2) is 0 Å². The van der Waals surface area contributed by atoms with Crippen LogP contribution in [0.5, 0.6) is 23.0 Å². The molecular weight excluding hydrogens is 628 g/mol. The summed E-state index contributed by atoms with van der Waals surface area (Å²) >= 11 is 0. The summed E-state index contributed by atoms with van der Waals surface area (Å²) in [5, 5.41) is 21.3. The molecule has 0 radical (unpaired) electrons. The molecule has 0 bridgehead atoms. The minimum absolute atomic E-state index is 0.0288. The Kier molecular flexibility index (Phi) is 22.0. The number of unbranched alkanes of at least 4 members (excludes halogenated alkanes) is 14. The Hall–Kier alpha value is -3.10. The predicted molar refractivity (Wildman–Crippen MR) is 206 cm³/mol. The first-order chi connectivity index (χ1) is 24.6. The van der Waals surface area contributed by atoms with Crippen LogP contribution in [0, 0.1) is 0 Å². The molecule has 1 saturated carbocycles. The quantitative estimate of drug-likeness (QED) is 0.0679. The van der Waals surface area contributed by atoms with E-state index in [1.54, 1.807) is 38.8 Å². The maximum Gasteiger partial charge on any atom is 0.128 e. The SMILES string of the molecule is COCCCCCCCCCCOc1ccc(C=N[C@@H]2CCCC[C@H]2N=Cc2ccc(OCCCCCCCCCCOC)cc2O)c(O)c1. The van der Waals surface area contributed by atoms with E-state index in [0.717, 1.165) is 77.4 Å². The number of rotatable bonds is 28. The lowest BCUT2D eigenvalue weighted by atomic mass is 9.91. The largest absolute Gasteiger partial charge is 0.507 e. The van der Waals surface area contributed by atoms with E-state index in [0.29, 0.717) is 35.8 Å². The molecule has 50 heavy (non-hydrogen) atoms. The van der Waals surface area contributed by atoms with Gasteiger partial charge in [-0.2, -0.15) is 0 Å². The third kappa shape index (κ3) is 17.7. The van der Waals surface area contributed by atoms with E-state index in [9.17, 15) is 10.2 Å². The molecule has 3 rings (SSSR count). The topological polar surface area (TPSA) is 102 Å². The average Bonchev–Trinajstić information content (AvgIpc) is 3.12. The number of methoxy groups -OCH3 is 2. The summed E-state index contributed by atoms with van der Waals surface area (Å²) in [5.74, 6) is 1.72. The maximum absolute atomic E-state index is 10.7. The first-order valence-corrected chi connectivity index (χ1v) is 19.6. The van der Waals surface area contributed by atoms with E-state index in [4.69, 9.17) is 28.9 Å². The van der Waals surface area contributed by atoms with E-state index in [-0.39, 0.29) is 23.6 Å². The zero-order valence-electron chi connectivity index (χ0n) is 31.2. The molecule has 2 atom stereocenters. The number of hydrogen-bond donors (Lipinski definition) is 2. The van der Waals surface area contributed by atoms with Gasteiger partial charge in [0.1, 0.15) is 23.0 Å². The highest BCUT2D eigenvalue weighted by molar-refractivity contribution is 5.85. The molecule has 1 aliphatic carbocycles. The Bertz CT molecular complexity index is 1130. The number of ether oxygens (including phenoxy) is 4. The van der Waals surface area contributed by atoms with Crippen molar-refractivity contribution in [3.05, 3.63) is 47.5 Å². The molecule has 1 aliphatic rings. The van der Waals surface area contributed by atoms with Crippen molar-refractivity contribution in [2.24, 2.45) is 9.98 Å². The van der Waals surface area contributed by atoms with Gasteiger partial charge in [-0.15, -0.1) is 0 Å². The van der Waals surface area contributed by atoms with Crippen molar-refractivity contribution in [2.75, 3.05) is 40.6 Å². The van der Waals surface area contributed by atoms with Gasteiger partial charge in [0.05, 0.1) is 25.3 Å². The van der Waals surface area contributed by atoms with Crippen molar-refractivity contribution < 1.29 is 29.2 Å². The molecule has 280 valence electrons. The zero-order chi connectivity index (χ0) is 35.5. The molecule has 0 heterocycles. The summed E-state index contributed by atoms with van der Waals surface area (Å²) in [6.45, 7) is 3.05. The number of nitrogens with zero attached hydrogens (tertiary/aromatic N) is 2. The highest BCUT2D eigenvalue weighted by atomic mass is 16.5. The smallest absolute Gasteiger partial charge is 0.128 e. The molecule has 2 N–H and O–H groups in total. The first-order valence-electron chi connectivity index (χ1n) is 19.6. The van der Waals surface area contributed by atoms with Gasteiger partial charge in [-0.1, -0.05) is 89.9 Å². The van der Waals surface area contributed by atoms with Crippen LogP contribution in [0.4, 0.5) is 0 Å². The molecule has 1 fully saturated rings. The Morgan fingerprint density at radius 1 is 0.520 bits per heavy atom. The van der Waals surface area contributed by atoms with E-state index < -0.39 is 0 Å². The molecule has 0 saturated heterocycles. The summed E-state index contributed by atoms with van der Waals surface area (Å²) in [4.78, 5) is 9.71. The Morgan fingerprint density at radius 2 is 0.860 bits per heavy atom. The van der Waals surface area contributed by atoms with E-state index in [1.807, 2.05) is 24.3 Å². The van der Waals surface area contributed by atoms with Crippen molar-refractivity contribution in [1.82, 2.24) is 0 Å². The third-order valence-electron chi connectivity index (χ3n) is 9.53. The molecule has 0 amide bonds. The van der Waals surface area contributed by atoms with Crippen LogP contribution in [0.2, 0.25) is 0 Å². The normalized spacial score (nSPS) is 16.4. The molecule has 0 spiro atoms. The molecule has 2 aromatic carbocycles. The van der Waals surface area contributed by atoms with Crippen molar-refractivity contribution in [1.29, 1.82) is 0 Å². The Balaban J connectivity index is 1.36. The second kappa shape index (κ2) is 26.7.